The van der Waals surface area contributed by atoms with Gasteiger partial charge in [0.25, 0.3) is 0 Å². The topological polar surface area (TPSA) is 118 Å². The number of H-pyrrole nitrogens is 1. The number of hydrogen-bond acceptors (Lipinski definition) is 5. The van der Waals surface area contributed by atoms with Crippen molar-refractivity contribution in [3.8, 4) is 0 Å². The quantitative estimate of drug-likeness (QED) is 0.700. The standard InChI is InChI=1S/C12H14N4O3S/c1-8(17)9-3-2-4-11(5-9)20(18,19)15-7-10-6-14-16-12(10)13/h2-6,15H,7H2,1H3,(H3,13,14,16). The number of carbonyl (C=O) groups excluding carboxylic acids is 1. The average molecular weight is 294 g/mol. The van der Waals surface area contributed by atoms with Gasteiger partial charge in [0.2, 0.25) is 10.0 Å². The molecule has 2 rings (SSSR count). The van der Waals surface area contributed by atoms with Crippen LogP contribution in [0.15, 0.2) is 35.4 Å². The number of nitrogens with zero attached hydrogens (tertiary/aromatic N) is 1. The minimum atomic E-state index is -3.71. The van der Waals surface area contributed by atoms with Crippen LogP contribution in [-0.2, 0) is 16.6 Å². The molecule has 0 atom stereocenters. The first-order valence-electron chi connectivity index (χ1n) is 5.78. The number of nitrogens with one attached hydrogen (secondary N) is 2. The number of ketones is 1. The SMILES string of the molecule is CC(=O)c1cccc(S(=O)(=O)NCc2cn[nH]c2N)c1. The number of hydrogen-bond donors (Lipinski definition) is 3. The predicted molar refractivity (Wildman–Crippen MR) is 73.5 cm³/mol. The van der Waals surface area contributed by atoms with Gasteiger partial charge in [-0.3, -0.25) is 9.89 Å². The molecule has 1 aromatic heterocycles. The number of sulfonamides is 1. The molecule has 7 nitrogen and oxygen atoms in total. The normalized spacial score (nSPS) is 11.4. The summed E-state index contributed by atoms with van der Waals surface area (Å²) >= 11 is 0. The molecule has 1 aromatic carbocycles. The number of aromatic nitrogens is 2. The van der Waals surface area contributed by atoms with Crippen molar-refractivity contribution in [3.05, 3.63) is 41.6 Å². The summed E-state index contributed by atoms with van der Waals surface area (Å²) in [5, 5.41) is 6.22. The highest BCUT2D eigenvalue weighted by Gasteiger charge is 2.16. The van der Waals surface area contributed by atoms with E-state index in [-0.39, 0.29) is 17.2 Å². The second-order valence-electron chi connectivity index (χ2n) is 4.22. The van der Waals surface area contributed by atoms with Crippen molar-refractivity contribution in [2.75, 3.05) is 5.73 Å². The van der Waals surface area contributed by atoms with Crippen LogP contribution >= 0.6 is 0 Å². The number of benzene rings is 1. The van der Waals surface area contributed by atoms with Gasteiger partial charge in [0.1, 0.15) is 5.82 Å². The van der Waals surface area contributed by atoms with E-state index < -0.39 is 10.0 Å². The number of anilines is 1. The van der Waals surface area contributed by atoms with Gasteiger partial charge in [-0.25, -0.2) is 13.1 Å². The summed E-state index contributed by atoms with van der Waals surface area (Å²) in [5.74, 6) is 0.117. The van der Waals surface area contributed by atoms with Gasteiger partial charge in [-0.1, -0.05) is 12.1 Å². The van der Waals surface area contributed by atoms with Gasteiger partial charge in [-0.15, -0.1) is 0 Å². The second kappa shape index (κ2) is 5.43. The van der Waals surface area contributed by atoms with Crippen LogP contribution in [0.2, 0.25) is 0 Å². The van der Waals surface area contributed by atoms with Crippen molar-refractivity contribution in [1.29, 1.82) is 0 Å². The van der Waals surface area contributed by atoms with Crippen LogP contribution < -0.4 is 10.5 Å². The molecule has 2 aromatic rings. The molecular weight excluding hydrogens is 280 g/mol. The largest absolute Gasteiger partial charge is 0.384 e. The zero-order valence-electron chi connectivity index (χ0n) is 10.8. The first-order valence-corrected chi connectivity index (χ1v) is 7.27. The number of carbonyl (C=O) groups is 1. The number of rotatable bonds is 5. The fraction of sp³-hybridized carbons (Fsp3) is 0.167. The van der Waals surface area contributed by atoms with E-state index in [9.17, 15) is 13.2 Å². The van der Waals surface area contributed by atoms with Crippen molar-refractivity contribution in [2.24, 2.45) is 0 Å². The lowest BCUT2D eigenvalue weighted by Gasteiger charge is -2.07. The Morgan fingerprint density at radius 3 is 2.80 bits per heavy atom. The van der Waals surface area contributed by atoms with Gasteiger partial charge in [0.05, 0.1) is 11.1 Å². The van der Waals surface area contributed by atoms with E-state index in [0.717, 1.165) is 0 Å². The predicted octanol–water partition coefficient (Wildman–Crippen LogP) is 0.673. The van der Waals surface area contributed by atoms with Crippen molar-refractivity contribution in [1.82, 2.24) is 14.9 Å². The van der Waals surface area contributed by atoms with Gasteiger partial charge in [-0.2, -0.15) is 5.10 Å². The summed E-state index contributed by atoms with van der Waals surface area (Å²) < 4.78 is 26.6. The molecule has 0 unspecified atom stereocenters. The van der Waals surface area contributed by atoms with E-state index in [2.05, 4.69) is 14.9 Å². The average Bonchev–Trinajstić information content (AvgIpc) is 2.82. The maximum atomic E-state index is 12.1. The van der Waals surface area contributed by atoms with Crippen LogP contribution in [-0.4, -0.2) is 24.4 Å². The Balaban J connectivity index is 2.20. The third-order valence-electron chi connectivity index (χ3n) is 2.75. The van der Waals surface area contributed by atoms with E-state index >= 15 is 0 Å². The Labute approximate surface area is 116 Å². The van der Waals surface area contributed by atoms with Crippen molar-refractivity contribution >= 4 is 21.6 Å². The Morgan fingerprint density at radius 1 is 1.45 bits per heavy atom. The van der Waals surface area contributed by atoms with Crippen LogP contribution in [0.25, 0.3) is 0 Å². The summed E-state index contributed by atoms with van der Waals surface area (Å²) in [6.07, 6.45) is 1.45. The Bertz CT molecular complexity index is 737. The molecule has 8 heteroatoms. The van der Waals surface area contributed by atoms with Crippen molar-refractivity contribution in [2.45, 2.75) is 18.4 Å². The Morgan fingerprint density at radius 2 is 2.20 bits per heavy atom. The molecule has 0 aliphatic heterocycles. The molecular formula is C12H14N4O3S. The molecule has 0 radical (unpaired) electrons. The molecule has 0 saturated carbocycles. The van der Waals surface area contributed by atoms with Gasteiger partial charge in [0.15, 0.2) is 5.78 Å². The van der Waals surface area contributed by atoms with Gasteiger partial charge in [-0.05, 0) is 19.1 Å². The van der Waals surface area contributed by atoms with Crippen LogP contribution in [0.5, 0.6) is 0 Å². The Hall–Kier alpha value is -2.19. The monoisotopic (exact) mass is 294 g/mol. The highest BCUT2D eigenvalue weighted by atomic mass is 32.2. The number of nitrogen functional groups attached to an aromatic ring is 1. The van der Waals surface area contributed by atoms with Crippen molar-refractivity contribution in [3.63, 3.8) is 0 Å². The zero-order valence-corrected chi connectivity index (χ0v) is 11.6. The molecule has 1 heterocycles. The third-order valence-corrected chi connectivity index (χ3v) is 4.15. The first-order chi connectivity index (χ1) is 9.40. The highest BCUT2D eigenvalue weighted by Crippen LogP contribution is 2.13. The molecule has 20 heavy (non-hydrogen) atoms. The number of Topliss-reactive ketones (excluding diaryl/α,β-unsaturated/α-hetero) is 1. The third kappa shape index (κ3) is 3.03. The van der Waals surface area contributed by atoms with Crippen LogP contribution in [0.3, 0.4) is 0 Å². The molecule has 4 N–H and O–H groups in total. The lowest BCUT2D eigenvalue weighted by Crippen LogP contribution is -2.23. The smallest absolute Gasteiger partial charge is 0.240 e. The summed E-state index contributed by atoms with van der Waals surface area (Å²) in [6, 6.07) is 5.85. The fourth-order valence-corrected chi connectivity index (χ4v) is 2.65. The maximum absolute atomic E-state index is 12.1. The molecule has 0 amide bonds. The molecule has 0 spiro atoms. The summed E-state index contributed by atoms with van der Waals surface area (Å²) in [7, 11) is -3.71. The van der Waals surface area contributed by atoms with Crippen LogP contribution in [0, 0.1) is 0 Å². The molecule has 0 aliphatic carbocycles. The molecule has 0 saturated heterocycles. The van der Waals surface area contributed by atoms with E-state index in [1.54, 1.807) is 6.07 Å². The van der Waals surface area contributed by atoms with E-state index in [1.807, 2.05) is 0 Å². The van der Waals surface area contributed by atoms with Gasteiger partial charge in [0, 0.05) is 17.7 Å². The minimum absolute atomic E-state index is 0.0228. The molecule has 0 aliphatic rings. The fourth-order valence-electron chi connectivity index (χ4n) is 1.60. The van der Waals surface area contributed by atoms with Crippen molar-refractivity contribution < 1.29 is 13.2 Å². The highest BCUT2D eigenvalue weighted by molar-refractivity contribution is 7.89. The van der Waals surface area contributed by atoms with E-state index in [0.29, 0.717) is 16.9 Å². The van der Waals surface area contributed by atoms with E-state index in [4.69, 9.17) is 5.73 Å². The van der Waals surface area contributed by atoms with Gasteiger partial charge >= 0.3 is 0 Å². The summed E-state index contributed by atoms with van der Waals surface area (Å²) in [4.78, 5) is 11.3. The van der Waals surface area contributed by atoms with Crippen LogP contribution in [0.4, 0.5) is 5.82 Å². The number of nitrogens with two attached hydrogens (primary N) is 1. The van der Waals surface area contributed by atoms with E-state index in [1.165, 1.54) is 31.3 Å². The molecule has 106 valence electrons. The maximum Gasteiger partial charge on any atom is 0.240 e. The Kier molecular flexibility index (Phi) is 3.86. The molecule has 0 bridgehead atoms. The molecule has 0 fully saturated rings. The lowest BCUT2D eigenvalue weighted by molar-refractivity contribution is 0.101. The summed E-state index contributed by atoms with van der Waals surface area (Å²) in [6.45, 7) is 1.40. The number of aromatic amines is 1. The van der Waals surface area contributed by atoms with Gasteiger partial charge < -0.3 is 5.73 Å². The lowest BCUT2D eigenvalue weighted by atomic mass is 10.2. The second-order valence-corrected chi connectivity index (χ2v) is 5.98. The van der Waals surface area contributed by atoms with Crippen LogP contribution in [0.1, 0.15) is 22.8 Å². The first kappa shape index (κ1) is 14.2. The minimum Gasteiger partial charge on any atom is -0.384 e. The summed E-state index contributed by atoms with van der Waals surface area (Å²) in [5.41, 5.74) is 6.47. The zero-order chi connectivity index (χ0) is 14.8.